The van der Waals surface area contributed by atoms with Crippen LogP contribution in [0.3, 0.4) is 0 Å². The fourth-order valence-corrected chi connectivity index (χ4v) is 15.7. The van der Waals surface area contributed by atoms with Crippen molar-refractivity contribution in [2.24, 2.45) is 0 Å². The Bertz CT molecular complexity index is 5760. The highest BCUT2D eigenvalue weighted by Gasteiger charge is 2.44. The van der Waals surface area contributed by atoms with E-state index in [-0.39, 0.29) is 6.71 Å². The molecule has 0 aliphatic carbocycles. The Morgan fingerprint density at radius 3 is 1.08 bits per heavy atom. The minimum atomic E-state index is -0.152. The van der Waals surface area contributed by atoms with Crippen LogP contribution in [0.15, 0.2) is 352 Å². The summed E-state index contributed by atoms with van der Waals surface area (Å²) in [5.74, 6) is 0. The molecule has 4 heterocycles. The van der Waals surface area contributed by atoms with E-state index in [4.69, 9.17) is 0 Å². The molecule has 450 valence electrons. The molecule has 2 aliphatic rings. The van der Waals surface area contributed by atoms with Crippen molar-refractivity contribution in [3.8, 4) is 84.2 Å². The standard InChI is InChI=1S/C91H58BN5/c93-59-60-37-49-85(96-81-33-17-13-29-73(81)74-30-14-18-34-82(74)96)77(53-60)75-31-15-19-35-83(75)97-84-36-20-16-32-76(84)78-54-67(42-50-86(78)97)70-57-89-91-90(58-70)95(72-47-40-66(41-48-72)62-23-7-2-8-24-62)88-52-44-69(64-27-11-4-12-28-64)56-80(88)92(91)79-55-68(63-25-9-3-10-26-63)43-51-87(79)94(89)71-45-38-65(39-46-71)61-21-5-1-6-22-61/h1-58H. The van der Waals surface area contributed by atoms with E-state index in [1.807, 2.05) is 6.07 Å². The van der Waals surface area contributed by atoms with Gasteiger partial charge in [-0.2, -0.15) is 5.26 Å². The average molecular weight is 1230 g/mol. The Morgan fingerprint density at radius 1 is 0.237 bits per heavy atom. The van der Waals surface area contributed by atoms with Crippen LogP contribution in [0, 0.1) is 11.3 Å². The normalized spacial score (nSPS) is 12.3. The molecular weight excluding hydrogens is 1170 g/mol. The average Bonchev–Trinajstić information content (AvgIpc) is 1.23. The van der Waals surface area contributed by atoms with Crippen molar-refractivity contribution in [1.29, 1.82) is 5.26 Å². The smallest absolute Gasteiger partial charge is 0.252 e. The van der Waals surface area contributed by atoms with Gasteiger partial charge in [0.05, 0.1) is 45.1 Å². The first-order valence-electron chi connectivity index (χ1n) is 33.2. The van der Waals surface area contributed by atoms with Crippen LogP contribution in [-0.2, 0) is 0 Å². The third-order valence-corrected chi connectivity index (χ3v) is 20.1. The molecule has 0 saturated heterocycles. The predicted octanol–water partition coefficient (Wildman–Crippen LogP) is 21.8. The second kappa shape index (κ2) is 22.7. The van der Waals surface area contributed by atoms with Gasteiger partial charge in [0.25, 0.3) is 6.71 Å². The van der Waals surface area contributed by atoms with Gasteiger partial charge in [0.2, 0.25) is 0 Å². The summed E-state index contributed by atoms with van der Waals surface area (Å²) in [4.78, 5) is 5.08. The number of nitrogens with zero attached hydrogens (tertiary/aromatic N) is 5. The van der Waals surface area contributed by atoms with Crippen molar-refractivity contribution in [1.82, 2.24) is 9.13 Å². The van der Waals surface area contributed by atoms with Crippen LogP contribution < -0.4 is 26.2 Å². The van der Waals surface area contributed by atoms with E-state index in [1.54, 1.807) is 0 Å². The van der Waals surface area contributed by atoms with Crippen molar-refractivity contribution >= 4 is 101 Å². The number of hydrogen-bond acceptors (Lipinski definition) is 3. The summed E-state index contributed by atoms with van der Waals surface area (Å²) in [6.07, 6.45) is 0. The second-order valence-electron chi connectivity index (χ2n) is 25.5. The molecule has 2 aromatic heterocycles. The fourth-order valence-electron chi connectivity index (χ4n) is 15.7. The highest BCUT2D eigenvalue weighted by Crippen LogP contribution is 2.49. The summed E-state index contributed by atoms with van der Waals surface area (Å²) in [5, 5.41) is 15.3. The molecule has 0 saturated carbocycles. The molecule has 0 bridgehead atoms. The molecule has 17 aromatic rings. The maximum Gasteiger partial charge on any atom is 0.252 e. The van der Waals surface area contributed by atoms with Crippen LogP contribution in [-0.4, -0.2) is 15.8 Å². The van der Waals surface area contributed by atoms with Gasteiger partial charge < -0.3 is 18.9 Å². The van der Waals surface area contributed by atoms with E-state index in [0.717, 1.165) is 112 Å². The van der Waals surface area contributed by atoms with Gasteiger partial charge in [-0.05, 0) is 175 Å². The van der Waals surface area contributed by atoms with Crippen molar-refractivity contribution in [3.63, 3.8) is 0 Å². The molecule has 0 unspecified atom stereocenters. The fraction of sp³-hybridized carbons (Fsp3) is 0. The number of anilines is 6. The van der Waals surface area contributed by atoms with E-state index in [0.29, 0.717) is 5.56 Å². The maximum absolute atomic E-state index is 10.6. The number of fused-ring (bicyclic) bond motifs is 10. The first-order chi connectivity index (χ1) is 48.1. The number of rotatable bonds is 10. The van der Waals surface area contributed by atoms with Gasteiger partial charge in [0.1, 0.15) is 0 Å². The van der Waals surface area contributed by atoms with Crippen LogP contribution in [0.4, 0.5) is 34.1 Å². The minimum Gasteiger partial charge on any atom is -0.311 e. The number of aromatic nitrogens is 2. The van der Waals surface area contributed by atoms with Crippen molar-refractivity contribution < 1.29 is 0 Å². The van der Waals surface area contributed by atoms with Gasteiger partial charge >= 0.3 is 0 Å². The number of para-hydroxylation sites is 4. The third-order valence-electron chi connectivity index (χ3n) is 20.1. The van der Waals surface area contributed by atoms with Gasteiger partial charge in [0.15, 0.2) is 0 Å². The molecule has 5 nitrogen and oxygen atoms in total. The molecule has 6 heteroatoms. The summed E-state index contributed by atoms with van der Waals surface area (Å²) in [7, 11) is 0. The van der Waals surface area contributed by atoms with E-state index in [1.165, 1.54) is 60.5 Å². The Hall–Kier alpha value is -12.9. The molecule has 0 atom stereocenters. The van der Waals surface area contributed by atoms with Gasteiger partial charge in [-0.25, -0.2) is 0 Å². The first kappa shape index (κ1) is 55.7. The molecule has 0 radical (unpaired) electrons. The zero-order valence-corrected chi connectivity index (χ0v) is 52.8. The minimum absolute atomic E-state index is 0.152. The summed E-state index contributed by atoms with van der Waals surface area (Å²) in [5.41, 5.74) is 31.0. The van der Waals surface area contributed by atoms with Gasteiger partial charge in [-0.3, -0.25) is 0 Å². The molecule has 19 rings (SSSR count). The lowest BCUT2D eigenvalue weighted by atomic mass is 9.33. The summed E-state index contributed by atoms with van der Waals surface area (Å²) in [6, 6.07) is 131. The number of hydrogen-bond donors (Lipinski definition) is 0. The molecule has 15 aromatic carbocycles. The van der Waals surface area contributed by atoms with Crippen LogP contribution in [0.5, 0.6) is 0 Å². The molecular formula is C91H58BN5. The van der Waals surface area contributed by atoms with Crippen molar-refractivity contribution in [2.75, 3.05) is 9.80 Å². The highest BCUT2D eigenvalue weighted by atomic mass is 15.2. The van der Waals surface area contributed by atoms with E-state index >= 15 is 0 Å². The largest absolute Gasteiger partial charge is 0.311 e. The number of nitriles is 1. The molecule has 0 N–H and O–H groups in total. The van der Waals surface area contributed by atoms with Crippen LogP contribution in [0.1, 0.15) is 5.56 Å². The summed E-state index contributed by atoms with van der Waals surface area (Å²) in [6.45, 7) is -0.152. The SMILES string of the molecule is N#Cc1ccc(-n2c3ccccc3c3ccccc32)c(-c2ccccc2-n2c3ccccc3c3cc(-c4cc5c6c(c4)N(c4ccc(-c7ccccc7)cc4)c4ccc(-c7ccccc7)cc4B6c4cc(-c6ccccc6)ccc4N5c4ccc(-c5ccccc5)cc4)ccc32)c1. The van der Waals surface area contributed by atoms with Gasteiger partial charge in [0, 0.05) is 66.8 Å². The lowest BCUT2D eigenvalue weighted by Crippen LogP contribution is -2.61. The maximum atomic E-state index is 10.6. The van der Waals surface area contributed by atoms with Crippen LogP contribution >= 0.6 is 0 Å². The van der Waals surface area contributed by atoms with Crippen molar-refractivity contribution in [2.45, 2.75) is 0 Å². The third kappa shape index (κ3) is 9.09. The molecule has 0 fully saturated rings. The summed E-state index contributed by atoms with van der Waals surface area (Å²) < 4.78 is 4.80. The lowest BCUT2D eigenvalue weighted by Gasteiger charge is -2.44. The first-order valence-corrected chi connectivity index (χ1v) is 33.2. The van der Waals surface area contributed by atoms with E-state index in [9.17, 15) is 5.26 Å². The highest BCUT2D eigenvalue weighted by molar-refractivity contribution is 7.00. The van der Waals surface area contributed by atoms with E-state index < -0.39 is 0 Å². The van der Waals surface area contributed by atoms with Gasteiger partial charge in [-0.1, -0.05) is 249 Å². The molecule has 0 spiro atoms. The van der Waals surface area contributed by atoms with Crippen LogP contribution in [0.2, 0.25) is 0 Å². The number of benzene rings is 15. The Balaban J connectivity index is 0.852. The van der Waals surface area contributed by atoms with Crippen molar-refractivity contribution in [3.05, 3.63) is 357 Å². The topological polar surface area (TPSA) is 40.1 Å². The Morgan fingerprint density at radius 2 is 0.598 bits per heavy atom. The molecule has 0 amide bonds. The monoisotopic (exact) mass is 1230 g/mol. The zero-order valence-electron chi connectivity index (χ0n) is 52.8. The Kier molecular flexibility index (Phi) is 13.0. The lowest BCUT2D eigenvalue weighted by molar-refractivity contribution is 1.16. The summed E-state index contributed by atoms with van der Waals surface area (Å²) >= 11 is 0. The molecule has 97 heavy (non-hydrogen) atoms. The zero-order chi connectivity index (χ0) is 64.1. The Labute approximate surface area is 563 Å². The molecule has 2 aliphatic heterocycles. The van der Waals surface area contributed by atoms with Gasteiger partial charge in [-0.15, -0.1) is 0 Å². The van der Waals surface area contributed by atoms with Crippen LogP contribution in [0.25, 0.3) is 122 Å². The quantitative estimate of drug-likeness (QED) is 0.128. The second-order valence-corrected chi connectivity index (χ2v) is 25.5. The van der Waals surface area contributed by atoms with E-state index in [2.05, 4.69) is 371 Å². The predicted molar refractivity (Wildman–Crippen MR) is 406 cm³/mol.